The zero-order valence-corrected chi connectivity index (χ0v) is 46.2. The molecule has 0 radical (unpaired) electrons. The van der Waals surface area contributed by atoms with Crippen molar-refractivity contribution in [3.05, 3.63) is 0 Å². The number of carbonyl (C=O) groups is 3. The average Bonchev–Trinajstić information content (AvgIpc) is 3.30. The predicted octanol–water partition coefficient (Wildman–Crippen LogP) is 19.9. The van der Waals surface area contributed by atoms with Crippen LogP contribution in [0.15, 0.2) is 0 Å². The summed E-state index contributed by atoms with van der Waals surface area (Å²) in [6.07, 6.45) is 55.4. The number of hydrogen-bond donors (Lipinski definition) is 0. The van der Waals surface area contributed by atoms with Crippen LogP contribution in [-0.2, 0) is 28.6 Å². The smallest absolute Gasteiger partial charge is 0.306 e. The third-order valence-electron chi connectivity index (χ3n) is 14.3. The first kappa shape index (κ1) is 65.4. The van der Waals surface area contributed by atoms with Crippen LogP contribution in [0.4, 0.5) is 0 Å². The molecule has 0 aliphatic rings. The van der Waals surface area contributed by atoms with Gasteiger partial charge in [0.05, 0.1) is 0 Å². The first-order chi connectivity index (χ1) is 32.6. The maximum absolute atomic E-state index is 12.9. The Morgan fingerprint density at radius 2 is 0.522 bits per heavy atom. The van der Waals surface area contributed by atoms with Gasteiger partial charge < -0.3 is 14.2 Å². The van der Waals surface area contributed by atoms with Crippen molar-refractivity contribution >= 4 is 17.9 Å². The Hall–Kier alpha value is -1.59. The minimum Gasteiger partial charge on any atom is -0.462 e. The molecule has 0 aromatic carbocycles. The Labute approximate surface area is 418 Å². The van der Waals surface area contributed by atoms with Crippen LogP contribution < -0.4 is 0 Å². The van der Waals surface area contributed by atoms with E-state index >= 15 is 0 Å². The maximum atomic E-state index is 12.9. The highest BCUT2D eigenvalue weighted by atomic mass is 16.6. The van der Waals surface area contributed by atoms with Gasteiger partial charge in [-0.15, -0.1) is 0 Å². The Morgan fingerprint density at radius 3 is 0.776 bits per heavy atom. The summed E-state index contributed by atoms with van der Waals surface area (Å²) < 4.78 is 16.9. The molecule has 0 saturated carbocycles. The summed E-state index contributed by atoms with van der Waals surface area (Å²) in [5.41, 5.74) is 0. The van der Waals surface area contributed by atoms with Crippen LogP contribution in [0.25, 0.3) is 0 Å². The molecule has 0 bridgehead atoms. The molecule has 2 atom stereocenters. The highest BCUT2D eigenvalue weighted by Crippen LogP contribution is 2.19. The van der Waals surface area contributed by atoms with Crippen LogP contribution in [-0.4, -0.2) is 37.2 Å². The molecule has 0 amide bonds. The number of esters is 3. The molecular formula is C61H118O6. The fraction of sp³-hybridized carbons (Fsp3) is 0.951. The standard InChI is InChI=1S/C61H118O6/c1-7-57(6)49-43-37-30-26-22-18-14-10-8-9-11-15-20-24-28-32-40-46-52-61(64)67-58(54-66-60(63)51-45-39-34-33-36-42-48-56(4)5)53-65-59(62)50-44-38-31-27-23-19-16-12-13-17-21-25-29-35-41-47-55(2)3/h55-58H,7-54H2,1-6H3/t57?,58-/m0/s1. The van der Waals surface area contributed by atoms with Gasteiger partial charge in [0.25, 0.3) is 0 Å². The molecular weight excluding hydrogens is 829 g/mol. The first-order valence-electron chi connectivity index (χ1n) is 30.1. The summed E-state index contributed by atoms with van der Waals surface area (Å²) in [5, 5.41) is 0. The van der Waals surface area contributed by atoms with Crippen molar-refractivity contribution in [2.24, 2.45) is 17.8 Å². The van der Waals surface area contributed by atoms with Crippen molar-refractivity contribution in [1.82, 2.24) is 0 Å². The number of carbonyl (C=O) groups excluding carboxylic acids is 3. The monoisotopic (exact) mass is 947 g/mol. The van der Waals surface area contributed by atoms with Gasteiger partial charge in [-0.05, 0) is 37.0 Å². The van der Waals surface area contributed by atoms with Crippen LogP contribution in [0.5, 0.6) is 0 Å². The maximum Gasteiger partial charge on any atom is 0.306 e. The highest BCUT2D eigenvalue weighted by Gasteiger charge is 2.19. The lowest BCUT2D eigenvalue weighted by Crippen LogP contribution is -2.30. The third kappa shape index (κ3) is 53.6. The summed E-state index contributed by atoms with van der Waals surface area (Å²) in [6.45, 7) is 13.8. The summed E-state index contributed by atoms with van der Waals surface area (Å²) in [7, 11) is 0. The van der Waals surface area contributed by atoms with E-state index in [1.807, 2.05) is 0 Å². The van der Waals surface area contributed by atoms with Crippen molar-refractivity contribution in [3.63, 3.8) is 0 Å². The van der Waals surface area contributed by atoms with Crippen molar-refractivity contribution in [2.75, 3.05) is 13.2 Å². The Kier molecular flexibility index (Phi) is 51.0. The summed E-state index contributed by atoms with van der Waals surface area (Å²) in [5.74, 6) is 1.67. The van der Waals surface area contributed by atoms with E-state index in [1.165, 1.54) is 218 Å². The number of unbranched alkanes of at least 4 members (excludes halogenated alkanes) is 36. The lowest BCUT2D eigenvalue weighted by molar-refractivity contribution is -0.167. The van der Waals surface area contributed by atoms with E-state index in [0.717, 1.165) is 75.5 Å². The fourth-order valence-corrected chi connectivity index (χ4v) is 9.32. The minimum atomic E-state index is -0.764. The highest BCUT2D eigenvalue weighted by molar-refractivity contribution is 5.71. The molecule has 1 unspecified atom stereocenters. The molecule has 0 N–H and O–H groups in total. The lowest BCUT2D eigenvalue weighted by Gasteiger charge is -2.18. The van der Waals surface area contributed by atoms with E-state index in [4.69, 9.17) is 14.2 Å². The van der Waals surface area contributed by atoms with E-state index in [9.17, 15) is 14.4 Å². The molecule has 0 fully saturated rings. The van der Waals surface area contributed by atoms with Crippen molar-refractivity contribution in [2.45, 2.75) is 343 Å². The van der Waals surface area contributed by atoms with Crippen molar-refractivity contribution < 1.29 is 28.6 Å². The van der Waals surface area contributed by atoms with E-state index in [-0.39, 0.29) is 31.1 Å². The van der Waals surface area contributed by atoms with Crippen LogP contribution in [0.2, 0.25) is 0 Å². The predicted molar refractivity (Wildman–Crippen MR) is 289 cm³/mol. The second-order valence-electron chi connectivity index (χ2n) is 22.2. The van der Waals surface area contributed by atoms with Crippen LogP contribution >= 0.6 is 0 Å². The molecule has 0 saturated heterocycles. The first-order valence-corrected chi connectivity index (χ1v) is 30.1. The Bertz CT molecular complexity index is 1040. The van der Waals surface area contributed by atoms with Gasteiger partial charge in [0.15, 0.2) is 6.10 Å². The van der Waals surface area contributed by atoms with Gasteiger partial charge in [-0.2, -0.15) is 0 Å². The average molecular weight is 948 g/mol. The molecule has 0 aliphatic carbocycles. The topological polar surface area (TPSA) is 78.9 Å². The summed E-state index contributed by atoms with van der Waals surface area (Å²) in [6, 6.07) is 0. The van der Waals surface area contributed by atoms with E-state index in [2.05, 4.69) is 41.5 Å². The normalized spacial score (nSPS) is 12.5. The van der Waals surface area contributed by atoms with Crippen LogP contribution in [0.3, 0.4) is 0 Å². The van der Waals surface area contributed by atoms with Gasteiger partial charge in [0.2, 0.25) is 0 Å². The van der Waals surface area contributed by atoms with Gasteiger partial charge >= 0.3 is 17.9 Å². The molecule has 398 valence electrons. The molecule has 6 nitrogen and oxygen atoms in total. The molecule has 0 spiro atoms. The minimum absolute atomic E-state index is 0.0641. The fourth-order valence-electron chi connectivity index (χ4n) is 9.32. The van der Waals surface area contributed by atoms with Gasteiger partial charge in [-0.3, -0.25) is 14.4 Å². The number of ether oxygens (including phenoxy) is 3. The van der Waals surface area contributed by atoms with E-state index in [0.29, 0.717) is 19.3 Å². The molecule has 6 heteroatoms. The molecule has 0 heterocycles. The van der Waals surface area contributed by atoms with Crippen LogP contribution in [0.1, 0.15) is 337 Å². The zero-order chi connectivity index (χ0) is 49.1. The third-order valence-corrected chi connectivity index (χ3v) is 14.3. The zero-order valence-electron chi connectivity index (χ0n) is 46.2. The van der Waals surface area contributed by atoms with Gasteiger partial charge in [-0.1, -0.05) is 298 Å². The molecule has 0 rings (SSSR count). The van der Waals surface area contributed by atoms with Crippen LogP contribution in [0, 0.1) is 17.8 Å². The number of hydrogen-bond acceptors (Lipinski definition) is 6. The van der Waals surface area contributed by atoms with Crippen molar-refractivity contribution in [1.29, 1.82) is 0 Å². The number of rotatable bonds is 54. The van der Waals surface area contributed by atoms with Crippen molar-refractivity contribution in [3.8, 4) is 0 Å². The molecule has 67 heavy (non-hydrogen) atoms. The van der Waals surface area contributed by atoms with Gasteiger partial charge in [0.1, 0.15) is 13.2 Å². The van der Waals surface area contributed by atoms with Gasteiger partial charge in [-0.25, -0.2) is 0 Å². The quantitative estimate of drug-likeness (QED) is 0.0343. The van der Waals surface area contributed by atoms with E-state index < -0.39 is 6.10 Å². The molecule has 0 aliphatic heterocycles. The molecule has 0 aromatic rings. The second-order valence-corrected chi connectivity index (χ2v) is 22.2. The van der Waals surface area contributed by atoms with E-state index in [1.54, 1.807) is 0 Å². The largest absolute Gasteiger partial charge is 0.462 e. The Balaban J connectivity index is 4.18. The lowest BCUT2D eigenvalue weighted by atomic mass is 9.99. The summed E-state index contributed by atoms with van der Waals surface area (Å²) in [4.78, 5) is 38.1. The second kappa shape index (κ2) is 52.2. The molecule has 0 aromatic heterocycles. The van der Waals surface area contributed by atoms with Gasteiger partial charge in [0, 0.05) is 19.3 Å². The Morgan fingerprint density at radius 1 is 0.299 bits per heavy atom. The SMILES string of the molecule is CCC(C)CCCCCCCCCCCCCCCCCCCCC(=O)O[C@@H](COC(=O)CCCCCCCCCCCCCCCCCC(C)C)COC(=O)CCCCCCCCC(C)C. The summed E-state index contributed by atoms with van der Waals surface area (Å²) >= 11 is 0.